The third-order valence-corrected chi connectivity index (χ3v) is 11.3. The molecule has 3 heteroatoms. The van der Waals surface area contributed by atoms with E-state index in [4.69, 9.17) is 9.98 Å². The Balaban J connectivity index is 1.12. The second-order valence-electron chi connectivity index (χ2n) is 14.8. The Morgan fingerprint density at radius 1 is 0.404 bits per heavy atom. The molecule has 9 aromatic rings. The number of hydrogen-bond donors (Lipinski definition) is 0. The molecule has 0 spiro atoms. The van der Waals surface area contributed by atoms with Crippen molar-refractivity contribution in [3.8, 4) is 33.4 Å². The highest BCUT2D eigenvalue weighted by Crippen LogP contribution is 2.39. The zero-order valence-electron chi connectivity index (χ0n) is 31.7. The summed E-state index contributed by atoms with van der Waals surface area (Å²) in [5, 5.41) is 7.24. The number of amidine groups is 1. The summed E-state index contributed by atoms with van der Waals surface area (Å²) in [4.78, 5) is 15.5. The summed E-state index contributed by atoms with van der Waals surface area (Å²) in [5.74, 6) is 0.709. The van der Waals surface area contributed by atoms with E-state index in [1.54, 1.807) is 0 Å². The highest BCUT2D eigenvalue weighted by Gasteiger charge is 2.19. The number of aliphatic imine (C=N–C) groups is 2. The number of hydrogen-bond acceptors (Lipinski definition) is 3. The maximum absolute atomic E-state index is 5.49. The fraction of sp³-hybridized carbons (Fsp3) is 0.0556. The van der Waals surface area contributed by atoms with Gasteiger partial charge in [-0.05, 0) is 97.8 Å². The molecule has 0 saturated carbocycles. The molecule has 0 amide bonds. The standard InChI is InChI=1S/C54H39N3/c1-36-20-31-51(47-19-11-10-17-45(47)39-14-6-3-7-15-39)56-54(57-53(36)42-25-21-38(22-26-42)37-12-4-2-5-13-37)43-27-23-41(24-28-43)49-34-44-32-33-55-35-50(44)52-46-18-9-8-16-40(46)29-30-48(49)52/h2-19,21-30,32-35H,20,31H2,1H3/b53-36+,56-51+,57-54-. The van der Waals surface area contributed by atoms with Crippen LogP contribution in [-0.4, -0.2) is 16.5 Å². The summed E-state index contributed by atoms with van der Waals surface area (Å²) >= 11 is 0. The fourth-order valence-corrected chi connectivity index (χ4v) is 8.32. The van der Waals surface area contributed by atoms with Crippen LogP contribution in [0.15, 0.2) is 210 Å². The first-order valence-corrected chi connectivity index (χ1v) is 19.6. The summed E-state index contributed by atoms with van der Waals surface area (Å²) in [6.07, 6.45) is 5.53. The van der Waals surface area contributed by atoms with Crippen molar-refractivity contribution in [3.63, 3.8) is 0 Å². The largest absolute Gasteiger partial charge is 0.264 e. The maximum Gasteiger partial charge on any atom is 0.160 e. The predicted octanol–water partition coefficient (Wildman–Crippen LogP) is 14.0. The van der Waals surface area contributed by atoms with Gasteiger partial charge in [0.25, 0.3) is 0 Å². The number of benzene rings is 8. The molecular weight excluding hydrogens is 691 g/mol. The van der Waals surface area contributed by atoms with Gasteiger partial charge in [0, 0.05) is 34.5 Å². The lowest BCUT2D eigenvalue weighted by molar-refractivity contribution is 1.00. The predicted molar refractivity (Wildman–Crippen MR) is 241 cm³/mol. The van der Waals surface area contributed by atoms with E-state index in [2.05, 4.69) is 194 Å². The van der Waals surface area contributed by atoms with Crippen LogP contribution in [-0.2, 0) is 0 Å². The normalized spacial score (nSPS) is 16.4. The quantitative estimate of drug-likeness (QED) is 0.157. The summed E-state index contributed by atoms with van der Waals surface area (Å²) in [6.45, 7) is 2.22. The minimum Gasteiger partial charge on any atom is -0.264 e. The second kappa shape index (κ2) is 14.8. The molecule has 0 saturated heterocycles. The third kappa shape index (κ3) is 6.53. The SMILES string of the molecule is C\C1=C(c2ccc(-c3ccccc3)cc2)/N=C(c2ccc(-c3cc4ccncc4c4c3ccc3ccccc34)cc2)\N=C(\c2ccccc2-c2ccccc2)CC1. The monoisotopic (exact) mass is 729 g/mol. The van der Waals surface area contributed by atoms with E-state index in [1.165, 1.54) is 60.3 Å². The lowest BCUT2D eigenvalue weighted by atomic mass is 9.90. The minimum absolute atomic E-state index is 0.709. The summed E-state index contributed by atoms with van der Waals surface area (Å²) in [5.41, 5.74) is 13.5. The molecular formula is C54H39N3. The van der Waals surface area contributed by atoms with E-state index in [-0.39, 0.29) is 0 Å². The number of rotatable bonds is 6. The van der Waals surface area contributed by atoms with Crippen molar-refractivity contribution in [1.82, 2.24) is 4.98 Å². The van der Waals surface area contributed by atoms with Gasteiger partial charge in [-0.1, -0.05) is 170 Å². The van der Waals surface area contributed by atoms with Crippen molar-refractivity contribution >= 4 is 49.6 Å². The summed E-state index contributed by atoms with van der Waals surface area (Å²) in [6, 6.07) is 64.9. The molecule has 1 aromatic heterocycles. The number of pyridine rings is 1. The van der Waals surface area contributed by atoms with Gasteiger partial charge < -0.3 is 0 Å². The molecule has 3 nitrogen and oxygen atoms in total. The van der Waals surface area contributed by atoms with Crippen LogP contribution in [0.1, 0.15) is 36.5 Å². The fourth-order valence-electron chi connectivity index (χ4n) is 8.32. The average molecular weight is 730 g/mol. The first-order valence-electron chi connectivity index (χ1n) is 19.6. The molecule has 0 atom stereocenters. The Hall–Kier alpha value is -7.23. The van der Waals surface area contributed by atoms with Crippen molar-refractivity contribution in [2.24, 2.45) is 9.98 Å². The van der Waals surface area contributed by atoms with E-state index in [0.29, 0.717) is 5.84 Å². The van der Waals surface area contributed by atoms with Gasteiger partial charge in [0.05, 0.1) is 11.4 Å². The van der Waals surface area contributed by atoms with Crippen molar-refractivity contribution in [2.75, 3.05) is 0 Å². The van der Waals surface area contributed by atoms with Crippen LogP contribution < -0.4 is 0 Å². The molecule has 10 rings (SSSR count). The minimum atomic E-state index is 0.709. The molecule has 0 aliphatic carbocycles. The first kappa shape index (κ1) is 34.3. The molecule has 0 unspecified atom stereocenters. The van der Waals surface area contributed by atoms with E-state index >= 15 is 0 Å². The van der Waals surface area contributed by atoms with Crippen molar-refractivity contribution < 1.29 is 0 Å². The lowest BCUT2D eigenvalue weighted by Crippen LogP contribution is -2.11. The molecule has 57 heavy (non-hydrogen) atoms. The molecule has 0 bridgehead atoms. The zero-order chi connectivity index (χ0) is 38.1. The third-order valence-electron chi connectivity index (χ3n) is 11.3. The van der Waals surface area contributed by atoms with Crippen LogP contribution in [0.2, 0.25) is 0 Å². The molecule has 1 aliphatic rings. The average Bonchev–Trinajstić information content (AvgIpc) is 3.28. The van der Waals surface area contributed by atoms with Crippen LogP contribution in [0, 0.1) is 0 Å². The topological polar surface area (TPSA) is 37.6 Å². The van der Waals surface area contributed by atoms with E-state index in [0.717, 1.165) is 51.9 Å². The Morgan fingerprint density at radius 3 is 1.81 bits per heavy atom. The van der Waals surface area contributed by atoms with Gasteiger partial charge in [0.15, 0.2) is 5.84 Å². The first-order chi connectivity index (χ1) is 28.2. The molecule has 1 aliphatic heterocycles. The van der Waals surface area contributed by atoms with Gasteiger partial charge in [-0.3, -0.25) is 4.98 Å². The smallest absolute Gasteiger partial charge is 0.160 e. The number of nitrogens with zero attached hydrogens (tertiary/aromatic N) is 3. The van der Waals surface area contributed by atoms with Gasteiger partial charge >= 0.3 is 0 Å². The van der Waals surface area contributed by atoms with Crippen LogP contribution in [0.25, 0.3) is 71.4 Å². The molecule has 8 aromatic carbocycles. The molecule has 0 radical (unpaired) electrons. The lowest BCUT2D eigenvalue weighted by Gasteiger charge is -2.18. The van der Waals surface area contributed by atoms with Crippen LogP contribution in [0.3, 0.4) is 0 Å². The van der Waals surface area contributed by atoms with E-state index < -0.39 is 0 Å². The number of aromatic nitrogens is 1. The zero-order valence-corrected chi connectivity index (χ0v) is 31.7. The Labute approximate surface area is 333 Å². The van der Waals surface area contributed by atoms with E-state index in [9.17, 15) is 0 Å². The molecule has 0 fully saturated rings. The molecule has 0 N–H and O–H groups in total. The highest BCUT2D eigenvalue weighted by atomic mass is 14.9. The Morgan fingerprint density at radius 2 is 1.02 bits per heavy atom. The Kier molecular flexibility index (Phi) is 8.89. The number of fused-ring (bicyclic) bond motifs is 5. The van der Waals surface area contributed by atoms with Gasteiger partial charge in [-0.25, -0.2) is 9.98 Å². The Bertz CT molecular complexity index is 3010. The maximum atomic E-state index is 5.49. The van der Waals surface area contributed by atoms with Crippen LogP contribution >= 0.6 is 0 Å². The van der Waals surface area contributed by atoms with Gasteiger partial charge in [0.2, 0.25) is 0 Å². The second-order valence-corrected chi connectivity index (χ2v) is 14.8. The summed E-state index contributed by atoms with van der Waals surface area (Å²) < 4.78 is 0. The summed E-state index contributed by atoms with van der Waals surface area (Å²) in [7, 11) is 0. The molecule has 270 valence electrons. The van der Waals surface area contributed by atoms with Gasteiger partial charge in [-0.15, -0.1) is 0 Å². The van der Waals surface area contributed by atoms with E-state index in [1.807, 2.05) is 12.4 Å². The van der Waals surface area contributed by atoms with Crippen molar-refractivity contribution in [3.05, 3.63) is 217 Å². The van der Waals surface area contributed by atoms with Gasteiger partial charge in [-0.2, -0.15) is 0 Å². The van der Waals surface area contributed by atoms with Crippen LogP contribution in [0.4, 0.5) is 0 Å². The highest BCUT2D eigenvalue weighted by molar-refractivity contribution is 6.24. The number of allylic oxidation sites excluding steroid dienone is 1. The van der Waals surface area contributed by atoms with Crippen molar-refractivity contribution in [1.29, 1.82) is 0 Å². The van der Waals surface area contributed by atoms with Gasteiger partial charge in [0.1, 0.15) is 0 Å². The molecule has 2 heterocycles. The van der Waals surface area contributed by atoms with Crippen LogP contribution in [0.5, 0.6) is 0 Å². The van der Waals surface area contributed by atoms with Crippen molar-refractivity contribution in [2.45, 2.75) is 19.8 Å².